The van der Waals surface area contributed by atoms with E-state index < -0.39 is 23.2 Å². The second-order valence-corrected chi connectivity index (χ2v) is 5.99. The SMILES string of the molecule is COC(=O)CNC(=O)c1cccc(C=CC(=O)c2c(O)cc(C)n(C)c2=O)c1. The summed E-state index contributed by atoms with van der Waals surface area (Å²) in [6.45, 7) is 1.38. The molecule has 2 N–H and O–H groups in total. The number of ether oxygens (including phenoxy) is 1. The van der Waals surface area contributed by atoms with E-state index in [9.17, 15) is 24.3 Å². The maximum Gasteiger partial charge on any atom is 0.325 e. The van der Waals surface area contributed by atoms with E-state index >= 15 is 0 Å². The summed E-state index contributed by atoms with van der Waals surface area (Å²) in [5, 5.41) is 12.4. The molecule has 2 aromatic rings. The molecule has 2 rings (SSSR count). The van der Waals surface area contributed by atoms with Gasteiger partial charge in [0.05, 0.1) is 7.11 Å². The molecule has 0 fully saturated rings. The quantitative estimate of drug-likeness (QED) is 0.439. The van der Waals surface area contributed by atoms with Crippen LogP contribution < -0.4 is 10.9 Å². The molecular formula is C20H20N2O6. The van der Waals surface area contributed by atoms with Crippen LogP contribution in [0.1, 0.15) is 32.0 Å². The molecule has 1 heterocycles. The molecule has 0 aliphatic heterocycles. The summed E-state index contributed by atoms with van der Waals surface area (Å²) in [6, 6.07) is 7.68. The van der Waals surface area contributed by atoms with Crippen LogP contribution in [0.4, 0.5) is 0 Å². The van der Waals surface area contributed by atoms with Crippen LogP contribution in [-0.2, 0) is 16.6 Å². The van der Waals surface area contributed by atoms with Crippen molar-refractivity contribution in [3.8, 4) is 5.75 Å². The number of allylic oxidation sites excluding steroid dienone is 1. The van der Waals surface area contributed by atoms with Crippen molar-refractivity contribution in [2.24, 2.45) is 7.05 Å². The average Bonchev–Trinajstić information content (AvgIpc) is 2.68. The van der Waals surface area contributed by atoms with Crippen LogP contribution in [0.2, 0.25) is 0 Å². The Morgan fingerprint density at radius 2 is 1.96 bits per heavy atom. The minimum atomic E-state index is -0.654. The molecule has 0 spiro atoms. The van der Waals surface area contributed by atoms with E-state index in [-0.39, 0.29) is 23.4 Å². The van der Waals surface area contributed by atoms with Crippen LogP contribution in [0, 0.1) is 6.92 Å². The van der Waals surface area contributed by atoms with Gasteiger partial charge in [-0.3, -0.25) is 19.2 Å². The van der Waals surface area contributed by atoms with Crippen LogP contribution in [0.3, 0.4) is 0 Å². The number of aryl methyl sites for hydroxylation is 1. The maximum absolute atomic E-state index is 12.4. The van der Waals surface area contributed by atoms with Gasteiger partial charge in [0, 0.05) is 24.4 Å². The van der Waals surface area contributed by atoms with Crippen molar-refractivity contribution in [1.29, 1.82) is 0 Å². The highest BCUT2D eigenvalue weighted by molar-refractivity contribution is 6.08. The minimum Gasteiger partial charge on any atom is -0.507 e. The molecular weight excluding hydrogens is 364 g/mol. The van der Waals surface area contributed by atoms with Crippen molar-refractivity contribution in [1.82, 2.24) is 9.88 Å². The number of ketones is 1. The summed E-state index contributed by atoms with van der Waals surface area (Å²) in [5.74, 6) is -2.09. The summed E-state index contributed by atoms with van der Waals surface area (Å²) < 4.78 is 5.72. The maximum atomic E-state index is 12.4. The number of aromatic hydroxyl groups is 1. The molecule has 28 heavy (non-hydrogen) atoms. The second-order valence-electron chi connectivity index (χ2n) is 5.99. The number of carbonyl (C=O) groups excluding carboxylic acids is 3. The van der Waals surface area contributed by atoms with Gasteiger partial charge in [0.15, 0.2) is 5.78 Å². The third kappa shape index (κ3) is 4.73. The Morgan fingerprint density at radius 1 is 1.25 bits per heavy atom. The lowest BCUT2D eigenvalue weighted by Crippen LogP contribution is -2.30. The number of benzene rings is 1. The first-order valence-electron chi connectivity index (χ1n) is 8.31. The highest BCUT2D eigenvalue weighted by Crippen LogP contribution is 2.16. The van der Waals surface area contributed by atoms with E-state index in [0.29, 0.717) is 11.3 Å². The number of nitrogens with zero attached hydrogens (tertiary/aromatic N) is 1. The zero-order valence-corrected chi connectivity index (χ0v) is 15.7. The number of hydrogen-bond acceptors (Lipinski definition) is 6. The van der Waals surface area contributed by atoms with Gasteiger partial charge in [-0.25, -0.2) is 0 Å². The van der Waals surface area contributed by atoms with Gasteiger partial charge in [0.25, 0.3) is 11.5 Å². The number of carbonyl (C=O) groups is 3. The Balaban J connectivity index is 2.20. The number of amides is 1. The fourth-order valence-corrected chi connectivity index (χ4v) is 2.40. The minimum absolute atomic E-state index is 0.260. The average molecular weight is 384 g/mol. The molecule has 0 atom stereocenters. The summed E-state index contributed by atoms with van der Waals surface area (Å²) in [7, 11) is 2.73. The van der Waals surface area contributed by atoms with Crippen LogP contribution in [0.15, 0.2) is 41.2 Å². The molecule has 0 radical (unpaired) electrons. The van der Waals surface area contributed by atoms with E-state index in [0.717, 1.165) is 6.08 Å². The van der Waals surface area contributed by atoms with Gasteiger partial charge < -0.3 is 19.7 Å². The van der Waals surface area contributed by atoms with Gasteiger partial charge >= 0.3 is 5.97 Å². The van der Waals surface area contributed by atoms with E-state index in [1.165, 1.54) is 36.9 Å². The first-order chi connectivity index (χ1) is 13.2. The Hall–Kier alpha value is -3.68. The van der Waals surface area contributed by atoms with Crippen LogP contribution in [0.5, 0.6) is 5.75 Å². The molecule has 1 aromatic heterocycles. The molecule has 1 aromatic carbocycles. The van der Waals surface area contributed by atoms with Crippen molar-refractivity contribution in [3.05, 3.63) is 69.1 Å². The van der Waals surface area contributed by atoms with Crippen molar-refractivity contribution in [2.45, 2.75) is 6.92 Å². The lowest BCUT2D eigenvalue weighted by Gasteiger charge is -2.07. The van der Waals surface area contributed by atoms with E-state index in [1.54, 1.807) is 25.1 Å². The Bertz CT molecular complexity index is 1020. The lowest BCUT2D eigenvalue weighted by molar-refractivity contribution is -0.139. The summed E-state index contributed by atoms with van der Waals surface area (Å²) in [6.07, 6.45) is 2.58. The number of aromatic nitrogens is 1. The highest BCUT2D eigenvalue weighted by Gasteiger charge is 2.16. The Kier molecular flexibility index (Phi) is 6.49. The third-order valence-corrected chi connectivity index (χ3v) is 4.09. The number of hydrogen-bond donors (Lipinski definition) is 2. The van der Waals surface area contributed by atoms with Gasteiger partial charge in [0.2, 0.25) is 0 Å². The van der Waals surface area contributed by atoms with Gasteiger partial charge in [-0.1, -0.05) is 18.2 Å². The number of pyridine rings is 1. The smallest absolute Gasteiger partial charge is 0.325 e. The summed E-state index contributed by atoms with van der Waals surface area (Å²) in [4.78, 5) is 47.7. The molecule has 146 valence electrons. The molecule has 8 nitrogen and oxygen atoms in total. The first kappa shape index (κ1) is 20.6. The molecule has 1 amide bonds. The van der Waals surface area contributed by atoms with E-state index in [2.05, 4.69) is 10.1 Å². The number of esters is 1. The fraction of sp³-hybridized carbons (Fsp3) is 0.200. The normalized spacial score (nSPS) is 10.7. The Labute approximate surface area is 161 Å². The number of rotatable bonds is 6. The monoisotopic (exact) mass is 384 g/mol. The highest BCUT2D eigenvalue weighted by atomic mass is 16.5. The largest absolute Gasteiger partial charge is 0.507 e. The van der Waals surface area contributed by atoms with Crippen molar-refractivity contribution in [3.63, 3.8) is 0 Å². The van der Waals surface area contributed by atoms with Gasteiger partial charge in [-0.15, -0.1) is 0 Å². The summed E-state index contributed by atoms with van der Waals surface area (Å²) in [5.41, 5.74) is 0.420. The second kappa shape index (κ2) is 8.81. The van der Waals surface area contributed by atoms with Gasteiger partial charge in [-0.05, 0) is 30.7 Å². The predicted octanol–water partition coefficient (Wildman–Crippen LogP) is 1.20. The van der Waals surface area contributed by atoms with Gasteiger partial charge in [0.1, 0.15) is 17.9 Å². The predicted molar refractivity (Wildman–Crippen MR) is 102 cm³/mol. The van der Waals surface area contributed by atoms with Crippen molar-refractivity contribution >= 4 is 23.7 Å². The van der Waals surface area contributed by atoms with Gasteiger partial charge in [-0.2, -0.15) is 0 Å². The van der Waals surface area contributed by atoms with Crippen molar-refractivity contribution < 1.29 is 24.2 Å². The molecule has 0 unspecified atom stereocenters. The van der Waals surface area contributed by atoms with Crippen LogP contribution in [0.25, 0.3) is 6.08 Å². The fourth-order valence-electron chi connectivity index (χ4n) is 2.40. The zero-order chi connectivity index (χ0) is 20.8. The molecule has 0 aliphatic rings. The number of nitrogens with one attached hydrogen (secondary N) is 1. The van der Waals surface area contributed by atoms with Crippen molar-refractivity contribution in [2.75, 3.05) is 13.7 Å². The van der Waals surface area contributed by atoms with Crippen LogP contribution in [-0.4, -0.2) is 41.0 Å². The molecule has 0 saturated heterocycles. The zero-order valence-electron chi connectivity index (χ0n) is 15.7. The topological polar surface area (TPSA) is 115 Å². The molecule has 8 heteroatoms. The van der Waals surface area contributed by atoms with E-state index in [4.69, 9.17) is 0 Å². The summed E-state index contributed by atoms with van der Waals surface area (Å²) >= 11 is 0. The van der Waals surface area contributed by atoms with E-state index in [1.807, 2.05) is 0 Å². The third-order valence-electron chi connectivity index (χ3n) is 4.09. The first-order valence-corrected chi connectivity index (χ1v) is 8.31. The molecule has 0 aliphatic carbocycles. The Morgan fingerprint density at radius 3 is 2.64 bits per heavy atom. The molecule has 0 saturated carbocycles. The molecule has 0 bridgehead atoms. The standard InChI is InChI=1S/C20H20N2O6/c1-12-9-16(24)18(20(27)22(12)2)15(23)8-7-13-5-4-6-14(10-13)19(26)21-11-17(25)28-3/h4-10,24H,11H2,1-3H3,(H,21,26). The lowest BCUT2D eigenvalue weighted by atomic mass is 10.1. The van der Waals surface area contributed by atoms with Crippen LogP contribution >= 0.6 is 0 Å². The number of methoxy groups -OCH3 is 1.